The molecule has 0 aliphatic carbocycles. The Balaban J connectivity index is 2.24. The fourth-order valence-corrected chi connectivity index (χ4v) is 1.75. The number of nitrogens with zero attached hydrogens (tertiary/aromatic N) is 1. The second kappa shape index (κ2) is 4.97. The number of aromatic nitrogens is 1. The van der Waals surface area contributed by atoms with E-state index in [1.165, 1.54) is 6.07 Å². The van der Waals surface area contributed by atoms with Crippen molar-refractivity contribution in [3.05, 3.63) is 52.8 Å². The Bertz CT molecular complexity index is 558. The van der Waals surface area contributed by atoms with Crippen molar-refractivity contribution in [2.75, 3.05) is 5.32 Å². The molecule has 0 spiro atoms. The van der Waals surface area contributed by atoms with E-state index < -0.39 is 0 Å². The first-order valence-corrected chi connectivity index (χ1v) is 5.67. The molecule has 2 aromatic rings. The minimum atomic E-state index is -0.327. The van der Waals surface area contributed by atoms with Gasteiger partial charge >= 0.3 is 0 Å². The second-order valence-electron chi connectivity index (χ2n) is 3.31. The predicted molar refractivity (Wildman–Crippen MR) is 68.0 cm³/mol. The van der Waals surface area contributed by atoms with Crippen LogP contribution >= 0.6 is 15.9 Å². The Labute approximate surface area is 106 Å². The third-order valence-electron chi connectivity index (χ3n) is 2.16. The van der Waals surface area contributed by atoms with Gasteiger partial charge in [0.05, 0.1) is 11.3 Å². The van der Waals surface area contributed by atoms with Crippen LogP contribution in [-0.4, -0.2) is 16.0 Å². The molecular formula is C12H9BrN2O2. The first kappa shape index (κ1) is 11.6. The van der Waals surface area contributed by atoms with Crippen LogP contribution in [0.1, 0.15) is 10.4 Å². The number of amides is 1. The summed E-state index contributed by atoms with van der Waals surface area (Å²) in [4.78, 5) is 15.9. The van der Waals surface area contributed by atoms with E-state index in [0.717, 1.165) is 0 Å². The minimum absolute atomic E-state index is 0.0286. The van der Waals surface area contributed by atoms with Crippen molar-refractivity contribution in [1.29, 1.82) is 0 Å². The summed E-state index contributed by atoms with van der Waals surface area (Å²) in [6.45, 7) is 0. The number of anilines is 1. The summed E-state index contributed by atoms with van der Waals surface area (Å²) in [6, 6.07) is 9.86. The number of hydrogen-bond acceptors (Lipinski definition) is 3. The zero-order chi connectivity index (χ0) is 12.3. The zero-order valence-corrected chi connectivity index (χ0v) is 10.3. The van der Waals surface area contributed by atoms with Crippen LogP contribution in [0.3, 0.4) is 0 Å². The second-order valence-corrected chi connectivity index (χ2v) is 4.06. The van der Waals surface area contributed by atoms with Crippen molar-refractivity contribution < 1.29 is 9.90 Å². The van der Waals surface area contributed by atoms with Gasteiger partial charge in [-0.25, -0.2) is 4.98 Å². The number of halogens is 1. The lowest BCUT2D eigenvalue weighted by Gasteiger charge is -2.07. The van der Waals surface area contributed by atoms with Crippen molar-refractivity contribution in [2.45, 2.75) is 0 Å². The van der Waals surface area contributed by atoms with E-state index in [9.17, 15) is 9.90 Å². The lowest BCUT2D eigenvalue weighted by molar-refractivity contribution is 0.102. The first-order chi connectivity index (χ1) is 8.18. The van der Waals surface area contributed by atoms with Gasteiger partial charge in [0.2, 0.25) is 0 Å². The Morgan fingerprint density at radius 2 is 2.00 bits per heavy atom. The predicted octanol–water partition coefficient (Wildman–Crippen LogP) is 2.80. The molecular weight excluding hydrogens is 284 g/mol. The maximum absolute atomic E-state index is 11.9. The summed E-state index contributed by atoms with van der Waals surface area (Å²) < 4.78 is 0.466. The molecule has 0 saturated carbocycles. The molecule has 1 aromatic carbocycles. The van der Waals surface area contributed by atoms with Crippen molar-refractivity contribution in [3.8, 4) is 5.75 Å². The smallest absolute Gasteiger partial charge is 0.258 e. The Hall–Kier alpha value is -1.88. The highest BCUT2D eigenvalue weighted by Gasteiger charge is 2.11. The van der Waals surface area contributed by atoms with E-state index in [2.05, 4.69) is 26.2 Å². The molecule has 17 heavy (non-hydrogen) atoms. The molecule has 0 aliphatic rings. The van der Waals surface area contributed by atoms with Gasteiger partial charge in [-0.05, 0) is 40.2 Å². The maximum Gasteiger partial charge on any atom is 0.258 e. The summed E-state index contributed by atoms with van der Waals surface area (Å²) in [5.74, 6) is -0.299. The number of rotatable bonds is 2. The van der Waals surface area contributed by atoms with Gasteiger partial charge in [-0.1, -0.05) is 12.1 Å². The molecule has 0 bridgehead atoms. The Kier molecular flexibility index (Phi) is 3.39. The lowest BCUT2D eigenvalue weighted by atomic mass is 10.2. The number of benzene rings is 1. The molecule has 4 nitrogen and oxygen atoms in total. The molecule has 2 N–H and O–H groups in total. The Morgan fingerprint density at radius 1 is 1.24 bits per heavy atom. The monoisotopic (exact) mass is 292 g/mol. The fourth-order valence-electron chi connectivity index (χ4n) is 1.32. The van der Waals surface area contributed by atoms with Crippen molar-refractivity contribution in [1.82, 2.24) is 4.98 Å². The summed E-state index contributed by atoms with van der Waals surface area (Å²) in [5, 5.41) is 12.1. The summed E-state index contributed by atoms with van der Waals surface area (Å²) in [5.41, 5.74) is 0.781. The van der Waals surface area contributed by atoms with Gasteiger partial charge in [-0.2, -0.15) is 0 Å². The van der Waals surface area contributed by atoms with Gasteiger partial charge in [0, 0.05) is 6.20 Å². The number of carbonyl (C=O) groups excluding carboxylic acids is 1. The third-order valence-corrected chi connectivity index (χ3v) is 2.79. The van der Waals surface area contributed by atoms with E-state index in [1.807, 2.05) is 0 Å². The molecule has 2 rings (SSSR count). The van der Waals surface area contributed by atoms with Crippen molar-refractivity contribution >= 4 is 27.5 Å². The number of pyridine rings is 1. The average molecular weight is 293 g/mol. The average Bonchev–Trinajstić information content (AvgIpc) is 2.32. The minimum Gasteiger partial charge on any atom is -0.506 e. The standard InChI is InChI=1S/C12H9BrN2O2/c13-11-8(4-3-7-14-11)12(17)15-9-5-1-2-6-10(9)16/h1-7,16H,(H,15,17). The van der Waals surface area contributed by atoms with Crippen molar-refractivity contribution in [3.63, 3.8) is 0 Å². The fraction of sp³-hybridized carbons (Fsp3) is 0. The zero-order valence-electron chi connectivity index (χ0n) is 8.72. The normalized spacial score (nSPS) is 9.94. The molecule has 0 saturated heterocycles. The van der Waals surface area contributed by atoms with Crippen LogP contribution in [0.5, 0.6) is 5.75 Å². The number of aromatic hydroxyl groups is 1. The van der Waals surface area contributed by atoms with Crippen LogP contribution < -0.4 is 5.32 Å². The van der Waals surface area contributed by atoms with Crippen LogP contribution in [0, 0.1) is 0 Å². The molecule has 0 radical (unpaired) electrons. The van der Waals surface area contributed by atoms with Crippen LogP contribution in [0.25, 0.3) is 0 Å². The third kappa shape index (κ3) is 2.62. The molecule has 86 valence electrons. The van der Waals surface area contributed by atoms with Crippen LogP contribution in [0.2, 0.25) is 0 Å². The van der Waals surface area contributed by atoms with Gasteiger partial charge < -0.3 is 10.4 Å². The molecule has 0 aliphatic heterocycles. The molecule has 1 aromatic heterocycles. The number of nitrogens with one attached hydrogen (secondary N) is 1. The van der Waals surface area contributed by atoms with Crippen LogP contribution in [0.15, 0.2) is 47.2 Å². The summed E-state index contributed by atoms with van der Waals surface area (Å²) >= 11 is 3.19. The number of hydrogen-bond donors (Lipinski definition) is 2. The van der Waals surface area contributed by atoms with E-state index in [-0.39, 0.29) is 11.7 Å². The Morgan fingerprint density at radius 3 is 2.71 bits per heavy atom. The molecule has 0 atom stereocenters. The highest BCUT2D eigenvalue weighted by molar-refractivity contribution is 9.10. The van der Waals surface area contributed by atoms with Gasteiger partial charge in [-0.15, -0.1) is 0 Å². The molecule has 0 unspecified atom stereocenters. The summed E-state index contributed by atoms with van der Waals surface area (Å²) in [7, 11) is 0. The highest BCUT2D eigenvalue weighted by Crippen LogP contribution is 2.23. The van der Waals surface area contributed by atoms with Gasteiger partial charge in [-0.3, -0.25) is 4.79 Å². The molecule has 5 heteroatoms. The topological polar surface area (TPSA) is 62.2 Å². The van der Waals surface area contributed by atoms with Crippen LogP contribution in [-0.2, 0) is 0 Å². The number of phenols is 1. The quantitative estimate of drug-likeness (QED) is 0.661. The maximum atomic E-state index is 11.9. The lowest BCUT2D eigenvalue weighted by Crippen LogP contribution is -2.13. The largest absolute Gasteiger partial charge is 0.506 e. The van der Waals surface area contributed by atoms with Gasteiger partial charge in [0.1, 0.15) is 10.4 Å². The summed E-state index contributed by atoms with van der Waals surface area (Å²) in [6.07, 6.45) is 1.58. The van der Waals surface area contributed by atoms with Crippen molar-refractivity contribution in [2.24, 2.45) is 0 Å². The van der Waals surface area contributed by atoms with E-state index >= 15 is 0 Å². The molecule has 0 fully saturated rings. The number of para-hydroxylation sites is 2. The SMILES string of the molecule is O=C(Nc1ccccc1O)c1cccnc1Br. The highest BCUT2D eigenvalue weighted by atomic mass is 79.9. The van der Waals surface area contributed by atoms with E-state index in [0.29, 0.717) is 15.9 Å². The van der Waals surface area contributed by atoms with Gasteiger partial charge in [0.25, 0.3) is 5.91 Å². The van der Waals surface area contributed by atoms with E-state index in [4.69, 9.17) is 0 Å². The molecule has 1 amide bonds. The molecule has 1 heterocycles. The van der Waals surface area contributed by atoms with E-state index in [1.54, 1.807) is 36.5 Å². The van der Waals surface area contributed by atoms with Crippen LogP contribution in [0.4, 0.5) is 5.69 Å². The first-order valence-electron chi connectivity index (χ1n) is 4.88. The number of carbonyl (C=O) groups is 1. The van der Waals surface area contributed by atoms with Gasteiger partial charge in [0.15, 0.2) is 0 Å². The number of phenolic OH excluding ortho intramolecular Hbond substituents is 1.